The number of nitrogens with zero attached hydrogens (tertiary/aromatic N) is 1. The standard InChI is InChI=1S/C21H24N2S/c22-17-9-5-7-16(15-17)8-6-14-23-18-10-1-3-12-20(18)24-21-13-4-2-11-19(21)23/h1,3-4,7,10,12-13,15H,2,5-6,8-9,11,14,22H2. The maximum absolute atomic E-state index is 5.98. The van der Waals surface area contributed by atoms with Crippen LogP contribution in [0, 0.1) is 0 Å². The minimum atomic E-state index is 1.02. The molecule has 124 valence electrons. The molecule has 1 heterocycles. The quantitative estimate of drug-likeness (QED) is 0.787. The highest BCUT2D eigenvalue weighted by atomic mass is 32.2. The van der Waals surface area contributed by atoms with E-state index in [-0.39, 0.29) is 0 Å². The summed E-state index contributed by atoms with van der Waals surface area (Å²) >= 11 is 1.92. The molecule has 3 heteroatoms. The molecule has 0 saturated carbocycles. The first kappa shape index (κ1) is 15.6. The van der Waals surface area contributed by atoms with Crippen LogP contribution in [0.5, 0.6) is 0 Å². The first-order valence-corrected chi connectivity index (χ1v) is 9.72. The average Bonchev–Trinajstić information content (AvgIpc) is 2.61. The van der Waals surface area contributed by atoms with Crippen molar-refractivity contribution in [3.8, 4) is 0 Å². The SMILES string of the molecule is NC1=CC(CCCN2C3=C(C=CCC3)Sc3ccccc32)=CCC1. The zero-order chi connectivity index (χ0) is 16.4. The number of thioether (sulfide) groups is 1. The summed E-state index contributed by atoms with van der Waals surface area (Å²) in [5.41, 5.74) is 11.3. The fourth-order valence-corrected chi connectivity index (χ4v) is 4.85. The molecular weight excluding hydrogens is 312 g/mol. The van der Waals surface area contributed by atoms with Gasteiger partial charge in [0.05, 0.1) is 5.69 Å². The maximum Gasteiger partial charge on any atom is 0.0550 e. The lowest BCUT2D eigenvalue weighted by Gasteiger charge is -2.36. The van der Waals surface area contributed by atoms with Crippen LogP contribution < -0.4 is 10.6 Å². The van der Waals surface area contributed by atoms with Gasteiger partial charge in [-0.1, -0.05) is 47.7 Å². The van der Waals surface area contributed by atoms with Crippen molar-refractivity contribution in [1.29, 1.82) is 0 Å². The van der Waals surface area contributed by atoms with Crippen molar-refractivity contribution >= 4 is 17.4 Å². The van der Waals surface area contributed by atoms with Crippen molar-refractivity contribution in [1.82, 2.24) is 0 Å². The van der Waals surface area contributed by atoms with Crippen molar-refractivity contribution in [2.45, 2.75) is 43.4 Å². The number of fused-ring (bicyclic) bond motifs is 1. The highest BCUT2D eigenvalue weighted by Crippen LogP contribution is 2.46. The Morgan fingerprint density at radius 1 is 1.12 bits per heavy atom. The Hall–Kier alpha value is -1.87. The fourth-order valence-electron chi connectivity index (χ4n) is 3.69. The summed E-state index contributed by atoms with van der Waals surface area (Å²) in [6, 6.07) is 8.81. The molecule has 0 aromatic heterocycles. The molecule has 3 aliphatic rings. The lowest BCUT2D eigenvalue weighted by molar-refractivity contribution is 0.742. The number of para-hydroxylation sites is 1. The number of allylic oxidation sites excluding steroid dienone is 7. The van der Waals surface area contributed by atoms with E-state index in [4.69, 9.17) is 5.73 Å². The van der Waals surface area contributed by atoms with Crippen molar-refractivity contribution in [3.63, 3.8) is 0 Å². The van der Waals surface area contributed by atoms with Crippen LogP contribution in [0.2, 0.25) is 0 Å². The molecule has 0 radical (unpaired) electrons. The molecule has 0 amide bonds. The third-order valence-electron chi connectivity index (χ3n) is 4.86. The third kappa shape index (κ3) is 3.18. The number of benzene rings is 1. The smallest absolute Gasteiger partial charge is 0.0550 e. The zero-order valence-corrected chi connectivity index (χ0v) is 14.8. The Kier molecular flexibility index (Phi) is 4.52. The van der Waals surface area contributed by atoms with Crippen LogP contribution in [-0.2, 0) is 0 Å². The molecule has 24 heavy (non-hydrogen) atoms. The third-order valence-corrected chi connectivity index (χ3v) is 6.02. The monoisotopic (exact) mass is 336 g/mol. The van der Waals surface area contributed by atoms with Crippen LogP contribution in [-0.4, -0.2) is 6.54 Å². The van der Waals surface area contributed by atoms with E-state index in [1.165, 1.54) is 26.8 Å². The highest BCUT2D eigenvalue weighted by Gasteiger charge is 2.25. The predicted molar refractivity (Wildman–Crippen MR) is 104 cm³/mol. The summed E-state index contributed by atoms with van der Waals surface area (Å²) in [5.74, 6) is 0. The van der Waals surface area contributed by atoms with Gasteiger partial charge in [-0.25, -0.2) is 0 Å². The van der Waals surface area contributed by atoms with Crippen molar-refractivity contribution < 1.29 is 0 Å². The van der Waals surface area contributed by atoms with Gasteiger partial charge < -0.3 is 10.6 Å². The van der Waals surface area contributed by atoms with E-state index in [9.17, 15) is 0 Å². The van der Waals surface area contributed by atoms with Crippen molar-refractivity contribution in [3.05, 3.63) is 70.4 Å². The van der Waals surface area contributed by atoms with Gasteiger partial charge in [0.25, 0.3) is 0 Å². The summed E-state index contributed by atoms with van der Waals surface area (Å²) in [5, 5.41) is 0. The minimum absolute atomic E-state index is 1.02. The van der Waals surface area contributed by atoms with Gasteiger partial charge in [-0.15, -0.1) is 0 Å². The second-order valence-electron chi connectivity index (χ2n) is 6.61. The Morgan fingerprint density at radius 3 is 2.96 bits per heavy atom. The summed E-state index contributed by atoms with van der Waals surface area (Å²) in [7, 11) is 0. The van der Waals surface area contributed by atoms with Gasteiger partial charge >= 0.3 is 0 Å². The molecule has 0 saturated heterocycles. The normalized spacial score (nSPS) is 19.6. The fraction of sp³-hybridized carbons (Fsp3) is 0.333. The summed E-state index contributed by atoms with van der Waals surface area (Å²) < 4.78 is 0. The molecule has 0 fully saturated rings. The largest absolute Gasteiger partial charge is 0.402 e. The molecule has 4 rings (SSSR count). The Morgan fingerprint density at radius 2 is 2.04 bits per heavy atom. The first-order chi connectivity index (χ1) is 11.8. The molecule has 2 aliphatic carbocycles. The van der Waals surface area contributed by atoms with E-state index in [2.05, 4.69) is 53.5 Å². The summed E-state index contributed by atoms with van der Waals surface area (Å²) in [4.78, 5) is 5.37. The number of rotatable bonds is 4. The van der Waals surface area contributed by atoms with Crippen LogP contribution in [0.4, 0.5) is 5.69 Å². The van der Waals surface area contributed by atoms with E-state index in [0.29, 0.717) is 0 Å². The molecule has 0 spiro atoms. The van der Waals surface area contributed by atoms with Crippen LogP contribution in [0.3, 0.4) is 0 Å². The van der Waals surface area contributed by atoms with Gasteiger partial charge in [-0.2, -0.15) is 0 Å². The van der Waals surface area contributed by atoms with Gasteiger partial charge in [0.1, 0.15) is 0 Å². The van der Waals surface area contributed by atoms with Gasteiger partial charge in [0.2, 0.25) is 0 Å². The molecule has 1 aromatic rings. The molecule has 2 nitrogen and oxygen atoms in total. The minimum Gasteiger partial charge on any atom is -0.402 e. The lowest BCUT2D eigenvalue weighted by atomic mass is 10.00. The van der Waals surface area contributed by atoms with Crippen molar-refractivity contribution in [2.75, 3.05) is 11.4 Å². The molecular formula is C21H24N2S. The Bertz CT molecular complexity index is 755. The Labute approximate surface area is 148 Å². The molecule has 0 bridgehead atoms. The summed E-state index contributed by atoms with van der Waals surface area (Å²) in [6.07, 6.45) is 15.8. The zero-order valence-electron chi connectivity index (χ0n) is 14.0. The van der Waals surface area contributed by atoms with E-state index in [1.807, 2.05) is 11.8 Å². The van der Waals surface area contributed by atoms with Gasteiger partial charge in [-0.05, 0) is 56.7 Å². The van der Waals surface area contributed by atoms with E-state index < -0.39 is 0 Å². The molecule has 0 unspecified atom stereocenters. The van der Waals surface area contributed by atoms with Crippen LogP contribution in [0.1, 0.15) is 38.5 Å². The number of hydrogen-bond acceptors (Lipinski definition) is 3. The number of anilines is 1. The van der Waals surface area contributed by atoms with Gasteiger partial charge in [-0.3, -0.25) is 0 Å². The molecule has 0 atom stereocenters. The maximum atomic E-state index is 5.98. The molecule has 1 aromatic carbocycles. The van der Waals surface area contributed by atoms with E-state index >= 15 is 0 Å². The molecule has 2 N–H and O–H groups in total. The average molecular weight is 337 g/mol. The second kappa shape index (κ2) is 6.94. The van der Waals surface area contributed by atoms with Crippen LogP contribution in [0.25, 0.3) is 0 Å². The summed E-state index contributed by atoms with van der Waals surface area (Å²) in [6.45, 7) is 1.08. The highest BCUT2D eigenvalue weighted by molar-refractivity contribution is 8.03. The second-order valence-corrected chi connectivity index (χ2v) is 7.70. The first-order valence-electron chi connectivity index (χ1n) is 8.90. The van der Waals surface area contributed by atoms with Crippen LogP contribution in [0.15, 0.2) is 75.3 Å². The van der Waals surface area contributed by atoms with Gasteiger partial charge in [0, 0.05) is 27.7 Å². The van der Waals surface area contributed by atoms with E-state index in [0.717, 1.165) is 50.8 Å². The number of hydrogen-bond donors (Lipinski definition) is 1. The lowest BCUT2D eigenvalue weighted by Crippen LogP contribution is -2.28. The van der Waals surface area contributed by atoms with Crippen LogP contribution >= 0.6 is 11.8 Å². The number of nitrogens with two attached hydrogens (primary N) is 1. The van der Waals surface area contributed by atoms with E-state index in [1.54, 1.807) is 0 Å². The predicted octanol–water partition coefficient (Wildman–Crippen LogP) is 5.50. The molecule has 1 aliphatic heterocycles. The Balaban J connectivity index is 1.51. The topological polar surface area (TPSA) is 29.3 Å². The van der Waals surface area contributed by atoms with Gasteiger partial charge in [0.15, 0.2) is 0 Å². The van der Waals surface area contributed by atoms with Crippen molar-refractivity contribution in [2.24, 2.45) is 5.73 Å².